The van der Waals surface area contributed by atoms with Gasteiger partial charge in [0.2, 0.25) is 0 Å². The fourth-order valence-electron chi connectivity index (χ4n) is 2.18. The van der Waals surface area contributed by atoms with E-state index in [9.17, 15) is 8.42 Å². The molecule has 0 aliphatic rings. The lowest BCUT2D eigenvalue weighted by atomic mass is 10.3. The highest BCUT2D eigenvalue weighted by atomic mass is 32.2. The number of H-pyrrole nitrogens is 1. The number of nitrogens with zero attached hydrogens (tertiary/aromatic N) is 2. The lowest BCUT2D eigenvalue weighted by Gasteiger charge is -2.10. The third-order valence-corrected chi connectivity index (χ3v) is 4.66. The molecular formula is C13H21N5O2S. The van der Waals surface area contributed by atoms with Crippen molar-refractivity contribution in [3.8, 4) is 0 Å². The third kappa shape index (κ3) is 2.96. The number of aromatic nitrogens is 3. The standard InChI is InChI=1S/C13H21N5O2S/c1-8(2)18-7-12(5-11(18)6-14)21(19,20)17-13-9(3)15-16-10(13)4/h5,7-8,17H,6,14H2,1-4H3,(H,15,16). The summed E-state index contributed by atoms with van der Waals surface area (Å²) in [5, 5.41) is 6.74. The topological polar surface area (TPSA) is 106 Å². The highest BCUT2D eigenvalue weighted by Crippen LogP contribution is 2.24. The van der Waals surface area contributed by atoms with E-state index in [-0.39, 0.29) is 17.5 Å². The van der Waals surface area contributed by atoms with Crippen LogP contribution in [-0.2, 0) is 16.6 Å². The molecule has 8 heteroatoms. The van der Waals surface area contributed by atoms with Gasteiger partial charge >= 0.3 is 0 Å². The molecule has 0 aliphatic carbocycles. The number of aromatic amines is 1. The van der Waals surface area contributed by atoms with Crippen molar-refractivity contribution >= 4 is 15.7 Å². The number of anilines is 1. The first kappa shape index (κ1) is 15.6. The zero-order chi connectivity index (χ0) is 15.8. The number of rotatable bonds is 5. The molecular weight excluding hydrogens is 290 g/mol. The van der Waals surface area contributed by atoms with E-state index in [2.05, 4.69) is 14.9 Å². The van der Waals surface area contributed by atoms with Gasteiger partial charge in [0.05, 0.1) is 17.1 Å². The maximum absolute atomic E-state index is 12.5. The number of hydrogen-bond acceptors (Lipinski definition) is 4. The van der Waals surface area contributed by atoms with Crippen LogP contribution in [0.2, 0.25) is 0 Å². The summed E-state index contributed by atoms with van der Waals surface area (Å²) in [6.45, 7) is 7.76. The van der Waals surface area contributed by atoms with E-state index in [4.69, 9.17) is 5.73 Å². The van der Waals surface area contributed by atoms with Crippen LogP contribution in [0.3, 0.4) is 0 Å². The van der Waals surface area contributed by atoms with E-state index < -0.39 is 10.0 Å². The summed E-state index contributed by atoms with van der Waals surface area (Å²) in [4.78, 5) is 0.205. The first-order valence-corrected chi connectivity index (χ1v) is 8.19. The average molecular weight is 311 g/mol. The fourth-order valence-corrected chi connectivity index (χ4v) is 3.41. The second kappa shape index (κ2) is 5.53. The molecule has 0 spiro atoms. The van der Waals surface area contributed by atoms with Crippen LogP contribution in [0.4, 0.5) is 5.69 Å². The molecule has 2 heterocycles. The quantitative estimate of drug-likeness (QED) is 0.781. The van der Waals surface area contributed by atoms with Crippen molar-refractivity contribution in [3.05, 3.63) is 29.3 Å². The Bertz CT molecular complexity index is 723. The number of hydrogen-bond donors (Lipinski definition) is 3. The maximum atomic E-state index is 12.5. The van der Waals surface area contributed by atoms with Crippen molar-refractivity contribution in [1.82, 2.24) is 14.8 Å². The van der Waals surface area contributed by atoms with Crippen LogP contribution in [0, 0.1) is 13.8 Å². The van der Waals surface area contributed by atoms with Crippen molar-refractivity contribution in [2.24, 2.45) is 5.73 Å². The molecule has 0 aromatic carbocycles. The first-order chi connectivity index (χ1) is 9.76. The summed E-state index contributed by atoms with van der Waals surface area (Å²) < 4.78 is 29.4. The van der Waals surface area contributed by atoms with Crippen LogP contribution in [0.1, 0.15) is 37.0 Å². The predicted molar refractivity (Wildman–Crippen MR) is 81.6 cm³/mol. The number of aryl methyl sites for hydroxylation is 2. The van der Waals surface area contributed by atoms with E-state index >= 15 is 0 Å². The second-order valence-corrected chi connectivity index (χ2v) is 6.97. The van der Waals surface area contributed by atoms with E-state index in [1.165, 1.54) is 0 Å². The normalized spacial score (nSPS) is 12.1. The van der Waals surface area contributed by atoms with Gasteiger partial charge in [0.1, 0.15) is 4.90 Å². The molecule has 0 atom stereocenters. The van der Waals surface area contributed by atoms with Crippen LogP contribution in [0.15, 0.2) is 17.2 Å². The van der Waals surface area contributed by atoms with Crippen LogP contribution in [-0.4, -0.2) is 23.2 Å². The van der Waals surface area contributed by atoms with Crippen LogP contribution in [0.5, 0.6) is 0 Å². The lowest BCUT2D eigenvalue weighted by molar-refractivity contribution is 0.573. The Hall–Kier alpha value is -1.80. The highest BCUT2D eigenvalue weighted by Gasteiger charge is 2.21. The molecule has 0 unspecified atom stereocenters. The van der Waals surface area contributed by atoms with Gasteiger partial charge in [0.25, 0.3) is 10.0 Å². The van der Waals surface area contributed by atoms with E-state index in [1.54, 1.807) is 26.1 Å². The van der Waals surface area contributed by atoms with Crippen LogP contribution in [0.25, 0.3) is 0 Å². The Morgan fingerprint density at radius 3 is 2.52 bits per heavy atom. The number of nitrogens with one attached hydrogen (secondary N) is 2. The second-order valence-electron chi connectivity index (χ2n) is 5.29. The largest absolute Gasteiger partial charge is 0.346 e. The smallest absolute Gasteiger partial charge is 0.263 e. The van der Waals surface area contributed by atoms with Gasteiger partial charge in [-0.1, -0.05) is 0 Å². The van der Waals surface area contributed by atoms with Gasteiger partial charge in [-0.2, -0.15) is 5.10 Å². The molecule has 4 N–H and O–H groups in total. The number of sulfonamides is 1. The van der Waals surface area contributed by atoms with Crippen molar-refractivity contribution in [2.75, 3.05) is 4.72 Å². The molecule has 0 radical (unpaired) electrons. The molecule has 21 heavy (non-hydrogen) atoms. The molecule has 7 nitrogen and oxygen atoms in total. The Kier molecular flexibility index (Phi) is 4.11. The SMILES string of the molecule is Cc1n[nH]c(C)c1NS(=O)(=O)c1cc(CN)n(C(C)C)c1. The Balaban J connectivity index is 2.41. The van der Waals surface area contributed by atoms with Gasteiger partial charge in [0, 0.05) is 24.5 Å². The van der Waals surface area contributed by atoms with Crippen LogP contribution >= 0.6 is 0 Å². The van der Waals surface area contributed by atoms with Crippen molar-refractivity contribution in [1.29, 1.82) is 0 Å². The zero-order valence-corrected chi connectivity index (χ0v) is 13.5. The zero-order valence-electron chi connectivity index (χ0n) is 12.6. The van der Waals surface area contributed by atoms with Crippen LogP contribution < -0.4 is 10.5 Å². The first-order valence-electron chi connectivity index (χ1n) is 6.71. The minimum absolute atomic E-state index is 0.143. The Morgan fingerprint density at radius 2 is 2.10 bits per heavy atom. The van der Waals surface area contributed by atoms with Gasteiger partial charge in [-0.3, -0.25) is 9.82 Å². The average Bonchev–Trinajstić information content (AvgIpc) is 2.97. The summed E-state index contributed by atoms with van der Waals surface area (Å²) in [5.74, 6) is 0. The molecule has 116 valence electrons. The van der Waals surface area contributed by atoms with E-state index in [0.29, 0.717) is 17.1 Å². The molecule has 0 bridgehead atoms. The summed E-state index contributed by atoms with van der Waals surface area (Å²) in [7, 11) is -3.66. The molecule has 0 saturated heterocycles. The van der Waals surface area contributed by atoms with Crippen molar-refractivity contribution in [3.63, 3.8) is 0 Å². The van der Waals surface area contributed by atoms with E-state index in [1.807, 2.05) is 18.4 Å². The van der Waals surface area contributed by atoms with Crippen molar-refractivity contribution < 1.29 is 8.42 Å². The monoisotopic (exact) mass is 311 g/mol. The summed E-state index contributed by atoms with van der Waals surface area (Å²) >= 11 is 0. The molecule has 2 aromatic rings. The van der Waals surface area contributed by atoms with E-state index in [0.717, 1.165) is 5.69 Å². The predicted octanol–water partition coefficient (Wildman–Crippen LogP) is 1.67. The summed E-state index contributed by atoms with van der Waals surface area (Å²) in [6, 6.07) is 1.75. The minimum Gasteiger partial charge on any atom is -0.346 e. The molecule has 2 rings (SSSR count). The fraction of sp³-hybridized carbons (Fsp3) is 0.462. The molecule has 0 saturated carbocycles. The van der Waals surface area contributed by atoms with Gasteiger partial charge in [-0.25, -0.2) is 8.42 Å². The van der Waals surface area contributed by atoms with Gasteiger partial charge in [-0.15, -0.1) is 0 Å². The maximum Gasteiger partial charge on any atom is 0.263 e. The summed E-state index contributed by atoms with van der Waals surface area (Å²) in [6.07, 6.45) is 1.61. The van der Waals surface area contributed by atoms with Crippen molar-refractivity contribution in [2.45, 2.75) is 45.2 Å². The molecule has 0 fully saturated rings. The molecule has 0 aliphatic heterocycles. The van der Waals surface area contributed by atoms with Gasteiger partial charge in [0.15, 0.2) is 0 Å². The van der Waals surface area contributed by atoms with Gasteiger partial charge in [-0.05, 0) is 33.8 Å². The molecule has 2 aromatic heterocycles. The highest BCUT2D eigenvalue weighted by molar-refractivity contribution is 7.92. The Labute approximate surface area is 124 Å². The summed E-state index contributed by atoms with van der Waals surface area (Å²) in [5.41, 5.74) is 8.24. The van der Waals surface area contributed by atoms with Gasteiger partial charge < -0.3 is 10.3 Å². The third-order valence-electron chi connectivity index (χ3n) is 3.35. The Morgan fingerprint density at radius 1 is 1.43 bits per heavy atom. The number of nitrogens with two attached hydrogens (primary N) is 1. The lowest BCUT2D eigenvalue weighted by Crippen LogP contribution is -2.13. The minimum atomic E-state index is -3.66. The molecule has 0 amide bonds.